The van der Waals surface area contributed by atoms with Gasteiger partial charge in [-0.1, -0.05) is 24.3 Å². The molecule has 0 unspecified atom stereocenters. The summed E-state index contributed by atoms with van der Waals surface area (Å²) in [7, 11) is -0.868. The normalized spacial score (nSPS) is 13.8. The topological polar surface area (TPSA) is 59.4 Å². The molecule has 0 aliphatic carbocycles. The summed E-state index contributed by atoms with van der Waals surface area (Å²) in [4.78, 5) is 15.8. The summed E-state index contributed by atoms with van der Waals surface area (Å²) in [5.41, 5.74) is 3.15. The van der Waals surface area contributed by atoms with Gasteiger partial charge < -0.3 is 9.68 Å². The predicted octanol–water partition coefficient (Wildman–Crippen LogP) is 1.20. The van der Waals surface area contributed by atoms with E-state index >= 15 is 0 Å². The van der Waals surface area contributed by atoms with Crippen LogP contribution in [0.2, 0.25) is 0 Å². The van der Waals surface area contributed by atoms with Crippen LogP contribution in [-0.4, -0.2) is 22.9 Å². The van der Waals surface area contributed by atoms with E-state index in [1.165, 1.54) is 12.3 Å². The first-order valence-electron chi connectivity index (χ1n) is 6.29. The number of pyridine rings is 1. The summed E-state index contributed by atoms with van der Waals surface area (Å²) in [6, 6.07) is 9.08. The zero-order valence-corrected chi connectivity index (χ0v) is 10.7. The highest BCUT2D eigenvalue weighted by atomic mass is 16.5. The minimum absolute atomic E-state index is 0.101. The number of carbonyl (C=O) groups is 1. The highest BCUT2D eigenvalue weighted by molar-refractivity contribution is 6.61. The van der Waals surface area contributed by atoms with E-state index in [1.807, 2.05) is 18.2 Å². The molecule has 0 amide bonds. The lowest BCUT2D eigenvalue weighted by Gasteiger charge is -2.00. The Bertz CT molecular complexity index is 670. The van der Waals surface area contributed by atoms with E-state index in [-0.39, 0.29) is 5.78 Å². The third kappa shape index (κ3) is 2.54. The van der Waals surface area contributed by atoms with Crippen molar-refractivity contribution in [3.8, 4) is 0 Å². The molecule has 0 atom stereocenters. The Morgan fingerprint density at radius 3 is 3.10 bits per heavy atom. The van der Waals surface area contributed by atoms with Gasteiger partial charge in [-0.3, -0.25) is 9.78 Å². The standard InChI is InChI=1S/C15H12BNO3/c18-15(12-2-1-7-17-9-12)6-4-11-3-5-13-10-20-16(19)14(13)8-11/h1-9,19H,10H2/b6-4+. The number of carbonyl (C=O) groups excluding carboxylic acids is 1. The minimum atomic E-state index is -0.868. The molecule has 5 heteroatoms. The Kier molecular flexibility index (Phi) is 3.45. The molecule has 1 aromatic heterocycles. The molecule has 1 N–H and O–H groups in total. The first-order chi connectivity index (χ1) is 9.74. The van der Waals surface area contributed by atoms with Crippen molar-refractivity contribution in [2.45, 2.75) is 6.61 Å². The first-order valence-corrected chi connectivity index (χ1v) is 6.29. The zero-order chi connectivity index (χ0) is 13.9. The van der Waals surface area contributed by atoms with Crippen molar-refractivity contribution in [1.82, 2.24) is 4.98 Å². The van der Waals surface area contributed by atoms with Gasteiger partial charge in [-0.2, -0.15) is 0 Å². The molecule has 2 heterocycles. The maximum absolute atomic E-state index is 11.9. The quantitative estimate of drug-likeness (QED) is 0.514. The van der Waals surface area contributed by atoms with Gasteiger partial charge in [-0.25, -0.2) is 0 Å². The fraction of sp³-hybridized carbons (Fsp3) is 0.0667. The van der Waals surface area contributed by atoms with Gasteiger partial charge in [0.05, 0.1) is 6.61 Å². The van der Waals surface area contributed by atoms with E-state index < -0.39 is 7.12 Å². The predicted molar refractivity (Wildman–Crippen MR) is 76.4 cm³/mol. The van der Waals surface area contributed by atoms with Gasteiger partial charge in [0.1, 0.15) is 0 Å². The number of rotatable bonds is 3. The number of aromatic nitrogens is 1. The van der Waals surface area contributed by atoms with Gasteiger partial charge >= 0.3 is 7.12 Å². The summed E-state index contributed by atoms with van der Waals surface area (Å²) < 4.78 is 5.13. The lowest BCUT2D eigenvalue weighted by atomic mass is 9.79. The van der Waals surface area contributed by atoms with Gasteiger partial charge in [0.2, 0.25) is 0 Å². The summed E-state index contributed by atoms with van der Waals surface area (Å²) in [5.74, 6) is -0.101. The maximum atomic E-state index is 11.9. The molecule has 0 saturated carbocycles. The molecule has 1 aromatic carbocycles. The van der Waals surface area contributed by atoms with Crippen LogP contribution >= 0.6 is 0 Å². The second-order valence-electron chi connectivity index (χ2n) is 4.56. The van der Waals surface area contributed by atoms with E-state index in [2.05, 4.69) is 4.98 Å². The largest absolute Gasteiger partial charge is 0.491 e. The molecule has 2 aromatic rings. The van der Waals surface area contributed by atoms with Gasteiger partial charge in [0, 0.05) is 18.0 Å². The molecule has 4 nitrogen and oxygen atoms in total. The Balaban J connectivity index is 1.80. The van der Waals surface area contributed by atoms with Crippen LogP contribution < -0.4 is 5.46 Å². The Morgan fingerprint density at radius 1 is 1.40 bits per heavy atom. The van der Waals surface area contributed by atoms with Crippen LogP contribution in [-0.2, 0) is 11.3 Å². The van der Waals surface area contributed by atoms with Crippen molar-refractivity contribution < 1.29 is 14.5 Å². The van der Waals surface area contributed by atoms with Crippen molar-refractivity contribution >= 4 is 24.4 Å². The number of hydrogen-bond acceptors (Lipinski definition) is 4. The van der Waals surface area contributed by atoms with Crippen LogP contribution in [0, 0.1) is 0 Å². The fourth-order valence-corrected chi connectivity index (χ4v) is 2.11. The number of ketones is 1. The van der Waals surface area contributed by atoms with E-state index in [1.54, 1.807) is 24.4 Å². The van der Waals surface area contributed by atoms with E-state index in [0.717, 1.165) is 16.6 Å². The lowest BCUT2D eigenvalue weighted by molar-refractivity contribution is 0.104. The summed E-state index contributed by atoms with van der Waals surface area (Å²) in [6.45, 7) is 0.426. The fourth-order valence-electron chi connectivity index (χ4n) is 2.11. The average molecular weight is 265 g/mol. The van der Waals surface area contributed by atoms with Crippen LogP contribution in [0.4, 0.5) is 0 Å². The molecule has 3 rings (SSSR count). The van der Waals surface area contributed by atoms with Crippen LogP contribution in [0.3, 0.4) is 0 Å². The van der Waals surface area contributed by atoms with E-state index in [4.69, 9.17) is 4.65 Å². The molecular weight excluding hydrogens is 253 g/mol. The van der Waals surface area contributed by atoms with Crippen LogP contribution in [0.15, 0.2) is 48.8 Å². The molecule has 20 heavy (non-hydrogen) atoms. The Morgan fingerprint density at radius 2 is 2.30 bits per heavy atom. The highest BCUT2D eigenvalue weighted by Gasteiger charge is 2.26. The molecule has 98 valence electrons. The molecule has 0 spiro atoms. The summed E-state index contributed by atoms with van der Waals surface area (Å²) in [6.07, 6.45) is 6.39. The number of hydrogen-bond donors (Lipinski definition) is 1. The smallest absolute Gasteiger partial charge is 0.423 e. The molecule has 1 aliphatic rings. The van der Waals surface area contributed by atoms with Crippen LogP contribution in [0.1, 0.15) is 21.5 Å². The van der Waals surface area contributed by atoms with E-state index in [0.29, 0.717) is 12.2 Å². The average Bonchev–Trinajstić information content (AvgIpc) is 2.87. The SMILES string of the molecule is O=C(/C=C/c1ccc2c(c1)B(O)OC2)c1cccnc1. The second kappa shape index (κ2) is 5.40. The number of allylic oxidation sites excluding steroid dienone is 1. The van der Waals surface area contributed by atoms with Crippen molar-refractivity contribution in [3.05, 3.63) is 65.5 Å². The molecule has 1 aliphatic heterocycles. The van der Waals surface area contributed by atoms with Crippen LogP contribution in [0.5, 0.6) is 0 Å². The van der Waals surface area contributed by atoms with Crippen molar-refractivity contribution in [2.75, 3.05) is 0 Å². The van der Waals surface area contributed by atoms with Crippen molar-refractivity contribution in [3.63, 3.8) is 0 Å². The summed E-state index contributed by atoms with van der Waals surface area (Å²) >= 11 is 0. The van der Waals surface area contributed by atoms with Gasteiger partial charge in [0.25, 0.3) is 0 Å². The second-order valence-corrected chi connectivity index (χ2v) is 4.56. The molecule has 0 bridgehead atoms. The Labute approximate surface area is 116 Å². The van der Waals surface area contributed by atoms with Crippen molar-refractivity contribution in [2.24, 2.45) is 0 Å². The van der Waals surface area contributed by atoms with Crippen LogP contribution in [0.25, 0.3) is 6.08 Å². The third-order valence-electron chi connectivity index (χ3n) is 3.21. The lowest BCUT2D eigenvalue weighted by Crippen LogP contribution is -2.28. The monoisotopic (exact) mass is 265 g/mol. The maximum Gasteiger partial charge on any atom is 0.491 e. The molecule has 0 fully saturated rings. The highest BCUT2D eigenvalue weighted by Crippen LogP contribution is 2.12. The molecule has 0 radical (unpaired) electrons. The van der Waals surface area contributed by atoms with Crippen molar-refractivity contribution in [1.29, 1.82) is 0 Å². The number of nitrogens with zero attached hydrogens (tertiary/aromatic N) is 1. The molecular formula is C15H12BNO3. The first kappa shape index (κ1) is 12.8. The minimum Gasteiger partial charge on any atom is -0.423 e. The molecule has 0 saturated heterocycles. The number of fused-ring (bicyclic) bond motifs is 1. The zero-order valence-electron chi connectivity index (χ0n) is 10.7. The summed E-state index contributed by atoms with van der Waals surface area (Å²) in [5, 5.41) is 9.64. The number of benzene rings is 1. The van der Waals surface area contributed by atoms with Gasteiger partial charge in [0.15, 0.2) is 5.78 Å². The third-order valence-corrected chi connectivity index (χ3v) is 3.21. The van der Waals surface area contributed by atoms with Gasteiger partial charge in [-0.05, 0) is 34.8 Å². The Hall–Kier alpha value is -2.24. The van der Waals surface area contributed by atoms with E-state index in [9.17, 15) is 9.82 Å². The van der Waals surface area contributed by atoms with Gasteiger partial charge in [-0.15, -0.1) is 0 Å².